The smallest absolute Gasteiger partial charge is 0.233 e. The molecule has 122 valence electrons. The molecule has 0 aliphatic carbocycles. The fourth-order valence-electron chi connectivity index (χ4n) is 2.39. The van der Waals surface area contributed by atoms with Gasteiger partial charge in [-0.05, 0) is 36.1 Å². The minimum Gasteiger partial charge on any atom is -0.467 e. The molecule has 2 aromatic rings. The standard InChI is InChI=1S/C18H22N2O3/c1-3-13-7-5-8-14(4-2)18(13)20-17(22)11-16(21)19-12-15-9-6-10-23-15/h5-10H,3-4,11-12H2,1-2H3,(H,19,21)(H,20,22). The van der Waals surface area contributed by atoms with Crippen LogP contribution in [0.5, 0.6) is 0 Å². The number of benzene rings is 1. The molecule has 0 bridgehead atoms. The highest BCUT2D eigenvalue weighted by Crippen LogP contribution is 2.22. The maximum atomic E-state index is 12.1. The van der Waals surface area contributed by atoms with Crippen molar-refractivity contribution in [2.24, 2.45) is 0 Å². The van der Waals surface area contributed by atoms with Gasteiger partial charge in [0.15, 0.2) is 0 Å². The summed E-state index contributed by atoms with van der Waals surface area (Å²) in [6.45, 7) is 4.37. The Morgan fingerprint density at radius 3 is 2.26 bits per heavy atom. The van der Waals surface area contributed by atoms with Crippen molar-refractivity contribution >= 4 is 17.5 Å². The number of para-hydroxylation sites is 1. The number of rotatable bonds is 7. The van der Waals surface area contributed by atoms with Gasteiger partial charge >= 0.3 is 0 Å². The lowest BCUT2D eigenvalue weighted by atomic mass is 10.0. The summed E-state index contributed by atoms with van der Waals surface area (Å²) in [6.07, 6.45) is 2.99. The van der Waals surface area contributed by atoms with Crippen molar-refractivity contribution in [1.82, 2.24) is 5.32 Å². The molecule has 0 unspecified atom stereocenters. The second-order valence-electron chi connectivity index (χ2n) is 5.24. The number of nitrogens with one attached hydrogen (secondary N) is 2. The van der Waals surface area contributed by atoms with Gasteiger partial charge in [0.25, 0.3) is 0 Å². The van der Waals surface area contributed by atoms with Crippen LogP contribution in [-0.4, -0.2) is 11.8 Å². The molecule has 0 atom stereocenters. The Hall–Kier alpha value is -2.56. The van der Waals surface area contributed by atoms with Crippen molar-refractivity contribution in [2.45, 2.75) is 39.7 Å². The molecule has 5 heteroatoms. The highest BCUT2D eigenvalue weighted by molar-refractivity contribution is 6.04. The summed E-state index contributed by atoms with van der Waals surface area (Å²) < 4.78 is 5.13. The number of hydrogen-bond donors (Lipinski definition) is 2. The van der Waals surface area contributed by atoms with Gasteiger partial charge in [0.1, 0.15) is 12.2 Å². The third kappa shape index (κ3) is 4.71. The topological polar surface area (TPSA) is 71.3 Å². The maximum absolute atomic E-state index is 12.1. The third-order valence-electron chi connectivity index (χ3n) is 3.62. The molecule has 0 saturated heterocycles. The summed E-state index contributed by atoms with van der Waals surface area (Å²) >= 11 is 0. The van der Waals surface area contributed by atoms with Crippen molar-refractivity contribution in [3.8, 4) is 0 Å². The summed E-state index contributed by atoms with van der Waals surface area (Å²) in [5, 5.41) is 5.55. The number of amides is 2. The van der Waals surface area contributed by atoms with E-state index in [0.717, 1.165) is 29.7 Å². The van der Waals surface area contributed by atoms with Crippen molar-refractivity contribution < 1.29 is 14.0 Å². The minimum atomic E-state index is -0.328. The summed E-state index contributed by atoms with van der Waals surface area (Å²) in [7, 11) is 0. The summed E-state index contributed by atoms with van der Waals surface area (Å²) in [4.78, 5) is 24.0. The van der Waals surface area contributed by atoms with Crippen LogP contribution in [0.4, 0.5) is 5.69 Å². The molecule has 0 saturated carbocycles. The minimum absolute atomic E-state index is 0.206. The lowest BCUT2D eigenvalue weighted by molar-refractivity contribution is -0.127. The van der Waals surface area contributed by atoms with Gasteiger partial charge in [0, 0.05) is 5.69 Å². The average molecular weight is 314 g/mol. The molecule has 0 radical (unpaired) electrons. The van der Waals surface area contributed by atoms with E-state index in [-0.39, 0.29) is 24.8 Å². The van der Waals surface area contributed by atoms with Gasteiger partial charge in [-0.25, -0.2) is 0 Å². The van der Waals surface area contributed by atoms with E-state index in [1.165, 1.54) is 0 Å². The first-order chi connectivity index (χ1) is 11.1. The predicted octanol–water partition coefficient (Wildman–Crippen LogP) is 3.05. The molecule has 0 aliphatic heterocycles. The van der Waals surface area contributed by atoms with Crippen LogP contribution in [0.25, 0.3) is 0 Å². The van der Waals surface area contributed by atoms with Gasteiger partial charge < -0.3 is 15.1 Å². The summed E-state index contributed by atoms with van der Waals surface area (Å²) in [5.74, 6) is 0.0202. The van der Waals surface area contributed by atoms with Gasteiger partial charge in [0.05, 0.1) is 12.8 Å². The number of furan rings is 1. The molecule has 5 nitrogen and oxygen atoms in total. The first-order valence-electron chi connectivity index (χ1n) is 7.83. The van der Waals surface area contributed by atoms with E-state index in [0.29, 0.717) is 5.76 Å². The third-order valence-corrected chi connectivity index (χ3v) is 3.62. The Kier molecular flexibility index (Phi) is 5.97. The van der Waals surface area contributed by atoms with E-state index in [9.17, 15) is 9.59 Å². The quantitative estimate of drug-likeness (QED) is 0.772. The van der Waals surface area contributed by atoms with Crippen LogP contribution in [0.1, 0.15) is 37.2 Å². The second-order valence-corrected chi connectivity index (χ2v) is 5.24. The molecule has 0 aliphatic rings. The van der Waals surface area contributed by atoms with Crippen LogP contribution in [-0.2, 0) is 29.0 Å². The number of carbonyl (C=O) groups excluding carboxylic acids is 2. The van der Waals surface area contributed by atoms with Crippen molar-refractivity contribution in [2.75, 3.05) is 5.32 Å². The maximum Gasteiger partial charge on any atom is 0.233 e. The normalized spacial score (nSPS) is 10.3. The van der Waals surface area contributed by atoms with Crippen LogP contribution in [0.15, 0.2) is 41.0 Å². The zero-order valence-electron chi connectivity index (χ0n) is 13.5. The van der Waals surface area contributed by atoms with Crippen molar-refractivity contribution in [3.05, 3.63) is 53.5 Å². The monoisotopic (exact) mass is 314 g/mol. The molecule has 2 rings (SSSR count). The summed E-state index contributed by atoms with van der Waals surface area (Å²) in [5.41, 5.74) is 2.99. The van der Waals surface area contributed by atoms with Crippen molar-refractivity contribution in [3.63, 3.8) is 0 Å². The molecular formula is C18H22N2O3. The SMILES string of the molecule is CCc1cccc(CC)c1NC(=O)CC(=O)NCc1ccco1. The highest BCUT2D eigenvalue weighted by Gasteiger charge is 2.13. The molecule has 1 heterocycles. The zero-order valence-corrected chi connectivity index (χ0v) is 13.5. The van der Waals surface area contributed by atoms with Crippen LogP contribution >= 0.6 is 0 Å². The lowest BCUT2D eigenvalue weighted by Crippen LogP contribution is -2.28. The van der Waals surface area contributed by atoms with E-state index in [1.807, 2.05) is 32.0 Å². The van der Waals surface area contributed by atoms with Gasteiger partial charge in [0.2, 0.25) is 11.8 Å². The Bertz CT molecular complexity index is 641. The molecule has 2 N–H and O–H groups in total. The zero-order chi connectivity index (χ0) is 16.7. The largest absolute Gasteiger partial charge is 0.467 e. The molecular weight excluding hydrogens is 292 g/mol. The van der Waals surface area contributed by atoms with E-state index >= 15 is 0 Å². The second kappa shape index (κ2) is 8.17. The summed E-state index contributed by atoms with van der Waals surface area (Å²) in [6, 6.07) is 9.49. The molecule has 0 spiro atoms. The molecule has 0 fully saturated rings. The Balaban J connectivity index is 1.93. The molecule has 1 aromatic heterocycles. The number of aryl methyl sites for hydroxylation is 2. The first kappa shape index (κ1) is 16.8. The van der Waals surface area contributed by atoms with Gasteiger partial charge in [-0.1, -0.05) is 32.0 Å². The lowest BCUT2D eigenvalue weighted by Gasteiger charge is -2.14. The Morgan fingerprint density at radius 2 is 1.70 bits per heavy atom. The molecule has 2 amide bonds. The number of carbonyl (C=O) groups is 2. The van der Waals surface area contributed by atoms with Crippen molar-refractivity contribution in [1.29, 1.82) is 0 Å². The van der Waals surface area contributed by atoms with Crippen LogP contribution in [0, 0.1) is 0 Å². The van der Waals surface area contributed by atoms with Crippen LogP contribution in [0.2, 0.25) is 0 Å². The van der Waals surface area contributed by atoms with E-state index in [2.05, 4.69) is 10.6 Å². The van der Waals surface area contributed by atoms with Crippen LogP contribution < -0.4 is 10.6 Å². The predicted molar refractivity (Wildman–Crippen MR) is 89.0 cm³/mol. The van der Waals surface area contributed by atoms with Gasteiger partial charge in [-0.15, -0.1) is 0 Å². The fourth-order valence-corrected chi connectivity index (χ4v) is 2.39. The Labute approximate surface area is 136 Å². The van der Waals surface area contributed by atoms with E-state index in [4.69, 9.17) is 4.42 Å². The van der Waals surface area contributed by atoms with E-state index in [1.54, 1.807) is 18.4 Å². The van der Waals surface area contributed by atoms with Gasteiger partial charge in [-0.2, -0.15) is 0 Å². The Morgan fingerprint density at radius 1 is 1.00 bits per heavy atom. The molecule has 1 aromatic carbocycles. The average Bonchev–Trinajstić information content (AvgIpc) is 3.06. The molecule has 23 heavy (non-hydrogen) atoms. The number of hydrogen-bond acceptors (Lipinski definition) is 3. The number of anilines is 1. The fraction of sp³-hybridized carbons (Fsp3) is 0.333. The van der Waals surface area contributed by atoms with E-state index < -0.39 is 0 Å². The first-order valence-corrected chi connectivity index (χ1v) is 7.83. The highest BCUT2D eigenvalue weighted by atomic mass is 16.3. The van der Waals surface area contributed by atoms with Gasteiger partial charge in [-0.3, -0.25) is 9.59 Å². The van der Waals surface area contributed by atoms with Crippen LogP contribution in [0.3, 0.4) is 0 Å².